The Labute approximate surface area is 105 Å². The predicted molar refractivity (Wildman–Crippen MR) is 57.5 cm³/mol. The lowest BCUT2D eigenvalue weighted by Gasteiger charge is -2.12. The number of ether oxygens (including phenoxy) is 2. The fourth-order valence-electron chi connectivity index (χ4n) is 1.75. The molecule has 0 radical (unpaired) electrons. The lowest BCUT2D eigenvalue weighted by molar-refractivity contribution is -0.150. The van der Waals surface area contributed by atoms with Crippen molar-refractivity contribution < 1.29 is 39.2 Å². The minimum Gasteiger partial charge on any atom is -0.480 e. The quantitative estimate of drug-likeness (QED) is 0.667. The zero-order chi connectivity index (χ0) is 14.2. The second-order valence-electron chi connectivity index (χ2n) is 3.71. The van der Waals surface area contributed by atoms with Gasteiger partial charge in [-0.05, 0) is 17.7 Å². The zero-order valence-corrected chi connectivity index (χ0v) is 9.32. The van der Waals surface area contributed by atoms with Gasteiger partial charge in [-0.15, -0.1) is 0 Å². The molecule has 0 fully saturated rings. The van der Waals surface area contributed by atoms with Gasteiger partial charge in [0.15, 0.2) is 17.4 Å². The van der Waals surface area contributed by atoms with E-state index >= 15 is 0 Å². The fourth-order valence-corrected chi connectivity index (χ4v) is 1.75. The summed E-state index contributed by atoms with van der Waals surface area (Å²) in [6.45, 7) is -0.136. The van der Waals surface area contributed by atoms with E-state index in [-0.39, 0.29) is 23.9 Å². The second kappa shape index (κ2) is 4.48. The van der Waals surface area contributed by atoms with E-state index in [1.54, 1.807) is 0 Å². The third kappa shape index (κ3) is 2.15. The second-order valence-corrected chi connectivity index (χ2v) is 3.71. The van der Waals surface area contributed by atoms with Crippen molar-refractivity contribution in [2.75, 3.05) is 6.79 Å². The van der Waals surface area contributed by atoms with Crippen LogP contribution in [0.5, 0.6) is 11.5 Å². The number of hydrogen-bond donors (Lipinski definition) is 3. The molecule has 0 aliphatic carbocycles. The van der Waals surface area contributed by atoms with E-state index in [2.05, 4.69) is 0 Å². The van der Waals surface area contributed by atoms with Crippen molar-refractivity contribution >= 4 is 17.9 Å². The van der Waals surface area contributed by atoms with Crippen LogP contribution in [-0.4, -0.2) is 40.0 Å². The van der Waals surface area contributed by atoms with Crippen LogP contribution < -0.4 is 9.47 Å². The van der Waals surface area contributed by atoms with Crippen LogP contribution in [0.3, 0.4) is 0 Å². The van der Waals surface area contributed by atoms with Crippen molar-refractivity contribution in [3.8, 4) is 11.5 Å². The monoisotopic (exact) mass is 268 g/mol. The standard InChI is InChI=1S/C11H8O8/c12-9(13)5-2-7-6(18-3-19-7)1-4(5)8(10(14)15)11(16)17/h1-2,8H,3H2,(H,12,13)(H,14,15)(H,16,17). The predicted octanol–water partition coefficient (Wildman–Crippen LogP) is 0.366. The van der Waals surface area contributed by atoms with E-state index in [9.17, 15) is 14.4 Å². The van der Waals surface area contributed by atoms with Gasteiger partial charge in [-0.3, -0.25) is 9.59 Å². The summed E-state index contributed by atoms with van der Waals surface area (Å²) >= 11 is 0. The highest BCUT2D eigenvalue weighted by molar-refractivity contribution is 6.03. The first-order valence-electron chi connectivity index (χ1n) is 5.04. The van der Waals surface area contributed by atoms with Crippen LogP contribution >= 0.6 is 0 Å². The number of rotatable bonds is 4. The summed E-state index contributed by atoms with van der Waals surface area (Å²) in [7, 11) is 0. The molecule has 0 saturated heterocycles. The van der Waals surface area contributed by atoms with Crippen molar-refractivity contribution in [2.24, 2.45) is 0 Å². The molecule has 1 aromatic carbocycles. The number of aromatic carboxylic acids is 1. The Kier molecular flexibility index (Phi) is 2.99. The fraction of sp³-hybridized carbons (Fsp3) is 0.182. The van der Waals surface area contributed by atoms with Crippen LogP contribution in [0, 0.1) is 0 Å². The molecule has 1 aliphatic rings. The highest BCUT2D eigenvalue weighted by Crippen LogP contribution is 2.37. The molecule has 0 spiro atoms. The van der Waals surface area contributed by atoms with Gasteiger partial charge in [0.1, 0.15) is 0 Å². The number of carbonyl (C=O) groups is 3. The number of benzene rings is 1. The highest BCUT2D eigenvalue weighted by Gasteiger charge is 2.34. The van der Waals surface area contributed by atoms with Crippen molar-refractivity contribution in [3.05, 3.63) is 23.3 Å². The largest absolute Gasteiger partial charge is 0.480 e. The van der Waals surface area contributed by atoms with Gasteiger partial charge in [0, 0.05) is 0 Å². The Hall–Kier alpha value is -2.77. The van der Waals surface area contributed by atoms with Gasteiger partial charge in [-0.2, -0.15) is 0 Å². The van der Waals surface area contributed by atoms with E-state index < -0.39 is 29.4 Å². The van der Waals surface area contributed by atoms with Crippen molar-refractivity contribution in [3.63, 3.8) is 0 Å². The lowest BCUT2D eigenvalue weighted by atomic mass is 9.93. The first kappa shape index (κ1) is 12.7. The molecule has 1 aliphatic heterocycles. The maximum absolute atomic E-state index is 11.1. The summed E-state index contributed by atoms with van der Waals surface area (Å²) in [4.78, 5) is 33.0. The third-order valence-electron chi connectivity index (χ3n) is 2.58. The van der Waals surface area contributed by atoms with Crippen LogP contribution in [-0.2, 0) is 9.59 Å². The van der Waals surface area contributed by atoms with Crippen LogP contribution in [0.2, 0.25) is 0 Å². The summed E-state index contributed by atoms with van der Waals surface area (Å²) in [6.07, 6.45) is 0. The van der Waals surface area contributed by atoms with Crippen molar-refractivity contribution in [1.29, 1.82) is 0 Å². The van der Waals surface area contributed by atoms with Gasteiger partial charge in [-0.25, -0.2) is 4.79 Å². The average molecular weight is 268 g/mol. The molecule has 0 saturated carbocycles. The van der Waals surface area contributed by atoms with Gasteiger partial charge in [0.05, 0.1) is 5.56 Å². The smallest absolute Gasteiger partial charge is 0.336 e. The highest BCUT2D eigenvalue weighted by atomic mass is 16.7. The maximum Gasteiger partial charge on any atom is 0.336 e. The van der Waals surface area contributed by atoms with Gasteiger partial charge in [0.25, 0.3) is 0 Å². The Balaban J connectivity index is 2.63. The van der Waals surface area contributed by atoms with E-state index in [0.717, 1.165) is 12.1 Å². The minimum absolute atomic E-state index is 0.118. The van der Waals surface area contributed by atoms with Gasteiger partial charge >= 0.3 is 17.9 Å². The molecular formula is C11H8O8. The topological polar surface area (TPSA) is 130 Å². The maximum atomic E-state index is 11.1. The first-order valence-corrected chi connectivity index (χ1v) is 5.04. The molecule has 0 aromatic heterocycles. The molecule has 0 atom stereocenters. The average Bonchev–Trinajstić information content (AvgIpc) is 2.73. The number of hydrogen-bond acceptors (Lipinski definition) is 5. The van der Waals surface area contributed by atoms with E-state index in [1.807, 2.05) is 0 Å². The molecule has 8 nitrogen and oxygen atoms in total. The third-order valence-corrected chi connectivity index (χ3v) is 2.58. The zero-order valence-electron chi connectivity index (χ0n) is 9.32. The molecule has 3 N–H and O–H groups in total. The number of aliphatic carboxylic acids is 2. The summed E-state index contributed by atoms with van der Waals surface area (Å²) in [6, 6.07) is 2.12. The molecule has 19 heavy (non-hydrogen) atoms. The molecule has 0 amide bonds. The van der Waals surface area contributed by atoms with E-state index in [0.29, 0.717) is 0 Å². The van der Waals surface area contributed by atoms with Crippen molar-refractivity contribution in [2.45, 2.75) is 5.92 Å². The van der Waals surface area contributed by atoms with Crippen LogP contribution in [0.1, 0.15) is 21.8 Å². The normalized spacial score (nSPS) is 12.5. The van der Waals surface area contributed by atoms with Crippen LogP contribution in [0.15, 0.2) is 12.1 Å². The minimum atomic E-state index is -1.99. The van der Waals surface area contributed by atoms with Gasteiger partial charge in [0.2, 0.25) is 6.79 Å². The van der Waals surface area contributed by atoms with Gasteiger partial charge < -0.3 is 24.8 Å². The summed E-state index contributed by atoms with van der Waals surface area (Å²) in [5.41, 5.74) is -0.809. The summed E-state index contributed by atoms with van der Waals surface area (Å²) < 4.78 is 9.95. The molecule has 1 aromatic rings. The molecule has 0 unspecified atom stereocenters. The summed E-state index contributed by atoms with van der Waals surface area (Å²) in [5, 5.41) is 26.8. The van der Waals surface area contributed by atoms with E-state index in [1.165, 1.54) is 0 Å². The Morgan fingerprint density at radius 1 is 1.00 bits per heavy atom. The SMILES string of the molecule is O=C(O)c1cc2c(cc1C(C(=O)O)C(=O)O)OCO2. The molecule has 1 heterocycles. The Bertz CT molecular complexity index is 562. The first-order chi connectivity index (χ1) is 8.91. The Morgan fingerprint density at radius 3 is 2.00 bits per heavy atom. The van der Waals surface area contributed by atoms with Crippen molar-refractivity contribution in [1.82, 2.24) is 0 Å². The lowest BCUT2D eigenvalue weighted by Crippen LogP contribution is -2.23. The van der Waals surface area contributed by atoms with Crippen LogP contribution in [0.4, 0.5) is 0 Å². The number of fused-ring (bicyclic) bond motifs is 1. The number of carboxylic acids is 3. The molecular weight excluding hydrogens is 260 g/mol. The summed E-state index contributed by atoms with van der Waals surface area (Å²) in [5.74, 6) is -6.49. The Morgan fingerprint density at radius 2 is 1.53 bits per heavy atom. The molecule has 0 bridgehead atoms. The van der Waals surface area contributed by atoms with Gasteiger partial charge in [-0.1, -0.05) is 0 Å². The molecule has 8 heteroatoms. The molecule has 100 valence electrons. The van der Waals surface area contributed by atoms with E-state index in [4.69, 9.17) is 24.8 Å². The van der Waals surface area contributed by atoms with Crippen LogP contribution in [0.25, 0.3) is 0 Å². The number of carboxylic acid groups (broad SMARTS) is 3. The molecule has 2 rings (SSSR count).